The lowest BCUT2D eigenvalue weighted by atomic mass is 9.88. The summed E-state index contributed by atoms with van der Waals surface area (Å²) in [6, 6.07) is 21.4. The van der Waals surface area contributed by atoms with Crippen LogP contribution in [0.15, 0.2) is 84.2 Å². The van der Waals surface area contributed by atoms with Crippen LogP contribution in [-0.4, -0.2) is 94.0 Å². The van der Waals surface area contributed by atoms with Crippen molar-refractivity contribution in [3.8, 4) is 0 Å². The Hall–Kier alpha value is -4.66. The van der Waals surface area contributed by atoms with Gasteiger partial charge in [-0.2, -0.15) is 0 Å². The number of urea groups is 2. The molecule has 1 unspecified atom stereocenters. The predicted molar refractivity (Wildman–Crippen MR) is 232 cm³/mol. The Morgan fingerprint density at radius 1 is 0.672 bits per heavy atom. The Balaban J connectivity index is 0.934. The van der Waals surface area contributed by atoms with Crippen molar-refractivity contribution in [3.63, 3.8) is 0 Å². The number of amides is 4. The van der Waals surface area contributed by atoms with Crippen LogP contribution in [0.1, 0.15) is 103 Å². The second-order valence-corrected chi connectivity index (χ2v) is 17.4. The Labute approximate surface area is 352 Å². The number of carbonyl (C=O) groups is 2. The maximum absolute atomic E-state index is 14.3. The van der Waals surface area contributed by atoms with Crippen LogP contribution in [0, 0.1) is 0 Å². The fourth-order valence-corrected chi connectivity index (χ4v) is 10.5. The average molecular weight is 816 g/mol. The van der Waals surface area contributed by atoms with Crippen molar-refractivity contribution in [1.82, 2.24) is 29.6 Å². The number of likely N-dealkylation sites (tertiary alicyclic amines) is 3. The summed E-state index contributed by atoms with van der Waals surface area (Å²) in [5.74, 6) is 0.159. The van der Waals surface area contributed by atoms with E-state index in [1.54, 1.807) is 0 Å². The molecule has 10 heteroatoms. The number of hydrogen-bond donors (Lipinski definition) is 0. The van der Waals surface area contributed by atoms with Crippen LogP contribution in [0.4, 0.5) is 9.59 Å². The number of fused-ring (bicyclic) bond motifs is 4. The highest BCUT2D eigenvalue weighted by atomic mass is 35.5. The van der Waals surface area contributed by atoms with Crippen LogP contribution in [0.3, 0.4) is 0 Å². The monoisotopic (exact) mass is 814 g/mol. The van der Waals surface area contributed by atoms with Crippen molar-refractivity contribution in [2.75, 3.05) is 52.4 Å². The van der Waals surface area contributed by atoms with E-state index < -0.39 is 0 Å². The molecule has 5 heterocycles. The molecule has 3 aliphatic heterocycles. The highest BCUT2D eigenvalue weighted by Gasteiger charge is 2.33. The molecule has 0 spiro atoms. The van der Waals surface area contributed by atoms with Gasteiger partial charge in [-0.05, 0) is 147 Å². The van der Waals surface area contributed by atoms with E-state index in [2.05, 4.69) is 43.3 Å². The van der Waals surface area contributed by atoms with Crippen LogP contribution < -0.4 is 0 Å². The number of benzene rings is 2. The highest BCUT2D eigenvalue weighted by molar-refractivity contribution is 6.31. The summed E-state index contributed by atoms with van der Waals surface area (Å²) in [4.78, 5) is 45.7. The summed E-state index contributed by atoms with van der Waals surface area (Å²) < 4.78 is 0. The van der Waals surface area contributed by atoms with Crippen molar-refractivity contribution < 1.29 is 9.59 Å². The molecule has 58 heavy (non-hydrogen) atoms. The van der Waals surface area contributed by atoms with Crippen LogP contribution in [0.5, 0.6) is 0 Å². The van der Waals surface area contributed by atoms with Gasteiger partial charge in [-0.15, -0.1) is 0 Å². The normalized spacial score (nSPS) is 19.2. The molecule has 2 aromatic heterocycles. The fourth-order valence-electron chi connectivity index (χ4n) is 10.1. The second-order valence-electron chi connectivity index (χ2n) is 16.5. The van der Waals surface area contributed by atoms with Gasteiger partial charge in [-0.3, -0.25) is 9.97 Å². The molecule has 8 nitrogen and oxygen atoms in total. The predicted octanol–water partition coefficient (Wildman–Crippen LogP) is 10.1. The number of aryl methyl sites for hydroxylation is 2. The van der Waals surface area contributed by atoms with Gasteiger partial charge in [0.15, 0.2) is 0 Å². The van der Waals surface area contributed by atoms with Crippen molar-refractivity contribution in [1.29, 1.82) is 0 Å². The molecule has 0 saturated carbocycles. The summed E-state index contributed by atoms with van der Waals surface area (Å²) in [7, 11) is 0. The zero-order valence-corrected chi connectivity index (χ0v) is 35.0. The first kappa shape index (κ1) is 38.8. The van der Waals surface area contributed by atoms with Gasteiger partial charge in [0.05, 0.1) is 11.4 Å². The summed E-state index contributed by atoms with van der Waals surface area (Å²) in [5.41, 5.74) is 14.7. The molecular formula is C48H52Cl2N6O2. The Kier molecular flexibility index (Phi) is 11.3. The third-order valence-corrected chi connectivity index (χ3v) is 13.7. The van der Waals surface area contributed by atoms with E-state index in [9.17, 15) is 9.59 Å². The molecule has 4 amide bonds. The number of aromatic nitrogens is 2. The van der Waals surface area contributed by atoms with Gasteiger partial charge >= 0.3 is 12.1 Å². The lowest BCUT2D eigenvalue weighted by Gasteiger charge is -2.35. The molecule has 0 bridgehead atoms. The standard InChI is InChI=1S/C48H52Cl2N6O2/c1-2-53(47(57)55-25-15-32(16-26-55)43-40-13-11-38(49)30-35(40)10-9-34-7-5-20-51-45(34)43)24-19-36-29-37-31-39(50)12-14-41(37)44(46-42(36)8-6-21-52-46)33-17-27-56(28-18-33)48(58)54-22-3-4-23-54/h5-8,11-14,20-21,30-31,36H,2-4,9-10,15-19,22-29H2,1H3. The van der Waals surface area contributed by atoms with Crippen molar-refractivity contribution in [3.05, 3.63) is 139 Å². The minimum absolute atomic E-state index is 0.111. The molecule has 0 radical (unpaired) electrons. The van der Waals surface area contributed by atoms with E-state index in [0.717, 1.165) is 112 Å². The SMILES string of the molecule is CCN(CCC1Cc2cc(Cl)ccc2C(=C2CCN(C(=O)N3CCCC3)CC2)c2ncccc21)C(=O)N1CCC(=C2c3ccc(Cl)cc3CCc3cccnc32)CC1. The first-order chi connectivity index (χ1) is 28.4. The fraction of sp³-hybridized carbons (Fsp3) is 0.417. The van der Waals surface area contributed by atoms with Crippen LogP contribution in [0.25, 0.3) is 11.1 Å². The molecule has 3 saturated heterocycles. The number of nitrogens with zero attached hydrogens (tertiary/aromatic N) is 6. The van der Waals surface area contributed by atoms with Gasteiger partial charge < -0.3 is 19.6 Å². The third kappa shape index (κ3) is 7.66. The molecule has 9 rings (SSSR count). The van der Waals surface area contributed by atoms with E-state index >= 15 is 0 Å². The minimum atomic E-state index is 0.111. The molecule has 300 valence electrons. The maximum atomic E-state index is 14.3. The van der Waals surface area contributed by atoms with Crippen LogP contribution in [-0.2, 0) is 19.3 Å². The number of rotatable bonds is 4. The van der Waals surface area contributed by atoms with Gasteiger partial charge in [-0.1, -0.05) is 58.6 Å². The molecule has 3 fully saturated rings. The summed E-state index contributed by atoms with van der Waals surface area (Å²) in [5, 5.41) is 1.49. The van der Waals surface area contributed by atoms with Crippen molar-refractivity contribution in [2.45, 2.75) is 77.0 Å². The highest BCUT2D eigenvalue weighted by Crippen LogP contribution is 2.44. The van der Waals surface area contributed by atoms with Crippen LogP contribution >= 0.6 is 23.2 Å². The van der Waals surface area contributed by atoms with Crippen molar-refractivity contribution in [2.24, 2.45) is 0 Å². The number of halogens is 2. The molecule has 1 atom stereocenters. The van der Waals surface area contributed by atoms with E-state index in [1.807, 2.05) is 56.3 Å². The van der Waals surface area contributed by atoms with E-state index in [-0.39, 0.29) is 18.0 Å². The zero-order valence-electron chi connectivity index (χ0n) is 33.5. The maximum Gasteiger partial charge on any atom is 0.320 e. The topological polar surface area (TPSA) is 72.9 Å². The summed E-state index contributed by atoms with van der Waals surface area (Å²) >= 11 is 13.2. The Bertz CT molecular complexity index is 2280. The quantitative estimate of drug-likeness (QED) is 0.206. The average Bonchev–Trinajstić information content (AvgIpc) is 3.70. The first-order valence-corrected chi connectivity index (χ1v) is 22.1. The van der Waals surface area contributed by atoms with Gasteiger partial charge in [-0.25, -0.2) is 9.59 Å². The lowest BCUT2D eigenvalue weighted by Crippen LogP contribution is -2.46. The zero-order chi connectivity index (χ0) is 39.8. The second kappa shape index (κ2) is 16.9. The van der Waals surface area contributed by atoms with Gasteiger partial charge in [0, 0.05) is 85.9 Å². The molecular weight excluding hydrogens is 763 g/mol. The van der Waals surface area contributed by atoms with Crippen molar-refractivity contribution >= 4 is 46.4 Å². The largest absolute Gasteiger partial charge is 0.325 e. The first-order valence-electron chi connectivity index (χ1n) is 21.3. The number of piperidine rings is 2. The molecule has 2 aliphatic carbocycles. The Morgan fingerprint density at radius 3 is 1.93 bits per heavy atom. The van der Waals surface area contributed by atoms with E-state index in [4.69, 9.17) is 33.2 Å². The van der Waals surface area contributed by atoms with Gasteiger partial charge in [0.25, 0.3) is 0 Å². The number of pyridine rings is 2. The van der Waals surface area contributed by atoms with E-state index in [0.29, 0.717) is 26.2 Å². The number of hydrogen-bond acceptors (Lipinski definition) is 4. The summed E-state index contributed by atoms with van der Waals surface area (Å²) in [6.45, 7) is 7.92. The smallest absolute Gasteiger partial charge is 0.320 e. The molecule has 0 N–H and O–H groups in total. The molecule has 4 aromatic rings. The molecule has 5 aliphatic rings. The van der Waals surface area contributed by atoms with E-state index in [1.165, 1.54) is 55.7 Å². The van der Waals surface area contributed by atoms with Gasteiger partial charge in [0.2, 0.25) is 0 Å². The molecule has 2 aromatic carbocycles. The van der Waals surface area contributed by atoms with Crippen LogP contribution in [0.2, 0.25) is 10.0 Å². The third-order valence-electron chi connectivity index (χ3n) is 13.2. The lowest BCUT2D eigenvalue weighted by molar-refractivity contribution is 0.150. The van der Waals surface area contributed by atoms with Gasteiger partial charge in [0.1, 0.15) is 0 Å². The Morgan fingerprint density at radius 2 is 1.24 bits per heavy atom. The minimum Gasteiger partial charge on any atom is -0.325 e. The number of carbonyl (C=O) groups excluding carboxylic acids is 2. The summed E-state index contributed by atoms with van der Waals surface area (Å²) in [6.07, 6.45) is 12.8.